The molecule has 0 radical (unpaired) electrons. The molecule has 0 saturated heterocycles. The maximum Gasteiger partial charge on any atom is 0.445 e. The van der Waals surface area contributed by atoms with Gasteiger partial charge in [0.15, 0.2) is 4.34 Å². The number of nitrogens with two attached hydrogens (primary N) is 1. The number of nitrogens with zero attached hydrogens (tertiary/aromatic N) is 4. The van der Waals surface area contributed by atoms with Gasteiger partial charge in [-0.05, 0) is 0 Å². The Kier molecular flexibility index (Phi) is 4.39. The monoisotopic (exact) mass is 342 g/mol. The maximum atomic E-state index is 12.3. The second-order valence-electron chi connectivity index (χ2n) is 3.15. The minimum absolute atomic E-state index is 0.0461. The zero-order chi connectivity index (χ0) is 14.8. The minimum atomic E-state index is -4.57. The van der Waals surface area contributed by atoms with E-state index in [1.54, 1.807) is 0 Å². The summed E-state index contributed by atoms with van der Waals surface area (Å²) in [5.74, 6) is -0.566. The molecule has 0 aliphatic heterocycles. The van der Waals surface area contributed by atoms with Crippen LogP contribution in [0.1, 0.15) is 5.01 Å². The molecule has 0 fully saturated rings. The minimum Gasteiger partial charge on any atom is -0.374 e. The van der Waals surface area contributed by atoms with Gasteiger partial charge in [0.1, 0.15) is 0 Å². The van der Waals surface area contributed by atoms with E-state index in [9.17, 15) is 18.0 Å². The summed E-state index contributed by atoms with van der Waals surface area (Å²) in [6.07, 6.45) is -4.57. The topological polar surface area (TPSA) is 107 Å². The van der Waals surface area contributed by atoms with Gasteiger partial charge in [0.05, 0.1) is 5.75 Å². The van der Waals surface area contributed by atoms with Crippen molar-refractivity contribution in [2.45, 2.75) is 10.5 Å². The van der Waals surface area contributed by atoms with Gasteiger partial charge in [-0.25, -0.2) is 0 Å². The molecular weight excluding hydrogens is 337 g/mol. The Labute approximate surface area is 121 Å². The van der Waals surface area contributed by atoms with E-state index in [-0.39, 0.29) is 27.4 Å². The summed E-state index contributed by atoms with van der Waals surface area (Å²) in [6, 6.07) is 0. The number of rotatable bonds is 4. The number of amides is 1. The maximum absolute atomic E-state index is 12.3. The number of carbonyl (C=O) groups excluding carboxylic acids is 1. The lowest BCUT2D eigenvalue weighted by Crippen LogP contribution is -2.13. The second-order valence-corrected chi connectivity index (χ2v) is 6.36. The molecule has 0 spiro atoms. The summed E-state index contributed by atoms with van der Waals surface area (Å²) in [5.41, 5.74) is 5.36. The fourth-order valence-electron chi connectivity index (χ4n) is 0.950. The van der Waals surface area contributed by atoms with Crippen molar-refractivity contribution < 1.29 is 18.0 Å². The van der Waals surface area contributed by atoms with E-state index in [1.165, 1.54) is 0 Å². The van der Waals surface area contributed by atoms with Crippen molar-refractivity contribution in [2.75, 3.05) is 16.8 Å². The summed E-state index contributed by atoms with van der Waals surface area (Å²) in [6.45, 7) is 0. The number of hydrogen-bond acceptors (Lipinski definition) is 9. The molecule has 0 bridgehead atoms. The summed E-state index contributed by atoms with van der Waals surface area (Å²) in [7, 11) is 0. The molecule has 3 N–H and O–H groups in total. The van der Waals surface area contributed by atoms with Crippen molar-refractivity contribution in [3.05, 3.63) is 5.01 Å². The highest BCUT2D eigenvalue weighted by atomic mass is 32.2. The lowest BCUT2D eigenvalue weighted by molar-refractivity contribution is -0.138. The zero-order valence-corrected chi connectivity index (χ0v) is 11.8. The van der Waals surface area contributed by atoms with Gasteiger partial charge in [0, 0.05) is 0 Å². The quantitative estimate of drug-likeness (QED) is 0.815. The van der Waals surface area contributed by atoms with Crippen molar-refractivity contribution >= 4 is 50.6 Å². The fraction of sp³-hybridized carbons (Fsp3) is 0.286. The van der Waals surface area contributed by atoms with Gasteiger partial charge in [-0.2, -0.15) is 13.2 Å². The van der Waals surface area contributed by atoms with Gasteiger partial charge in [-0.15, -0.1) is 20.4 Å². The third-order valence-corrected chi connectivity index (χ3v) is 4.43. The number of nitrogen functional groups attached to an aromatic ring is 1. The van der Waals surface area contributed by atoms with Crippen LogP contribution in [0.4, 0.5) is 23.4 Å². The first-order valence-corrected chi connectivity index (χ1v) is 7.39. The lowest BCUT2D eigenvalue weighted by atomic mass is 10.7. The van der Waals surface area contributed by atoms with Gasteiger partial charge >= 0.3 is 6.18 Å². The first kappa shape index (κ1) is 14.9. The third-order valence-electron chi connectivity index (χ3n) is 1.66. The smallest absolute Gasteiger partial charge is 0.374 e. The Morgan fingerprint density at radius 1 is 1.25 bits per heavy atom. The molecular formula is C7H5F3N6OS3. The van der Waals surface area contributed by atoms with E-state index in [0.29, 0.717) is 4.34 Å². The number of halogens is 3. The van der Waals surface area contributed by atoms with Crippen LogP contribution in [0.2, 0.25) is 0 Å². The molecule has 20 heavy (non-hydrogen) atoms. The van der Waals surface area contributed by atoms with Crippen LogP contribution in [-0.4, -0.2) is 32.1 Å². The van der Waals surface area contributed by atoms with Crippen LogP contribution in [0.3, 0.4) is 0 Å². The number of alkyl halides is 3. The number of hydrogen-bond donors (Lipinski definition) is 2. The Bertz CT molecular complexity index is 611. The van der Waals surface area contributed by atoms with Gasteiger partial charge in [0.25, 0.3) is 0 Å². The summed E-state index contributed by atoms with van der Waals surface area (Å²) >= 11 is 2.44. The molecule has 0 aliphatic carbocycles. The number of aromatic nitrogens is 4. The van der Waals surface area contributed by atoms with Gasteiger partial charge in [0.2, 0.25) is 21.2 Å². The number of carbonyl (C=O) groups is 1. The standard InChI is InChI=1S/C7H5F3N6OS3/c8-7(9,10)3-13-15-5(19-3)12-2(17)1-18-6-16-14-4(11)20-6/h1H2,(H2,11,14)(H,12,15,17). The van der Waals surface area contributed by atoms with E-state index in [2.05, 4.69) is 25.7 Å². The largest absolute Gasteiger partial charge is 0.445 e. The molecule has 0 unspecified atom stereocenters. The first-order valence-electron chi connectivity index (χ1n) is 4.77. The highest BCUT2D eigenvalue weighted by molar-refractivity contribution is 8.01. The van der Waals surface area contributed by atoms with E-state index < -0.39 is 17.1 Å². The third kappa shape index (κ3) is 4.01. The van der Waals surface area contributed by atoms with Gasteiger partial charge < -0.3 is 5.73 Å². The summed E-state index contributed by atoms with van der Waals surface area (Å²) < 4.78 is 37.3. The lowest BCUT2D eigenvalue weighted by Gasteiger charge is -1.99. The fourth-order valence-corrected chi connectivity index (χ4v) is 3.01. The number of nitrogens with one attached hydrogen (secondary N) is 1. The Morgan fingerprint density at radius 2 is 2.00 bits per heavy atom. The van der Waals surface area contributed by atoms with Crippen LogP contribution in [0, 0.1) is 0 Å². The van der Waals surface area contributed by atoms with Gasteiger partial charge in [-0.1, -0.05) is 34.4 Å². The predicted octanol–water partition coefficient (Wildman–Crippen LogP) is 1.72. The van der Waals surface area contributed by atoms with Crippen LogP contribution in [0.5, 0.6) is 0 Å². The highest BCUT2D eigenvalue weighted by Crippen LogP contribution is 2.33. The Balaban J connectivity index is 1.87. The molecule has 0 saturated carbocycles. The van der Waals surface area contributed by atoms with Crippen molar-refractivity contribution in [3.63, 3.8) is 0 Å². The zero-order valence-electron chi connectivity index (χ0n) is 9.34. The normalized spacial score (nSPS) is 11.6. The van der Waals surface area contributed by atoms with E-state index in [0.717, 1.165) is 23.1 Å². The van der Waals surface area contributed by atoms with Crippen molar-refractivity contribution in [1.82, 2.24) is 20.4 Å². The SMILES string of the molecule is Nc1nnc(SCC(=O)Nc2nnc(C(F)(F)F)s2)s1. The molecule has 2 aromatic rings. The predicted molar refractivity (Wildman–Crippen MR) is 68.6 cm³/mol. The molecule has 2 aromatic heterocycles. The Hall–Kier alpha value is -1.47. The molecule has 0 aromatic carbocycles. The summed E-state index contributed by atoms with van der Waals surface area (Å²) in [4.78, 5) is 11.5. The number of thioether (sulfide) groups is 1. The Morgan fingerprint density at radius 3 is 2.55 bits per heavy atom. The number of anilines is 2. The molecule has 13 heteroatoms. The second kappa shape index (κ2) is 5.88. The molecule has 1 amide bonds. The highest BCUT2D eigenvalue weighted by Gasteiger charge is 2.35. The molecule has 0 aliphatic rings. The first-order chi connectivity index (χ1) is 9.34. The van der Waals surface area contributed by atoms with Crippen LogP contribution >= 0.6 is 34.4 Å². The summed E-state index contributed by atoms with van der Waals surface area (Å²) in [5, 5.41) is 14.6. The molecule has 108 valence electrons. The molecule has 0 atom stereocenters. The van der Waals surface area contributed by atoms with Crippen LogP contribution in [0.25, 0.3) is 0 Å². The average molecular weight is 342 g/mol. The van der Waals surface area contributed by atoms with Gasteiger partial charge in [-0.3, -0.25) is 10.1 Å². The van der Waals surface area contributed by atoms with Crippen molar-refractivity contribution in [1.29, 1.82) is 0 Å². The molecule has 7 nitrogen and oxygen atoms in total. The van der Waals surface area contributed by atoms with E-state index >= 15 is 0 Å². The van der Waals surface area contributed by atoms with Crippen molar-refractivity contribution in [3.8, 4) is 0 Å². The van der Waals surface area contributed by atoms with Crippen LogP contribution in [-0.2, 0) is 11.0 Å². The van der Waals surface area contributed by atoms with E-state index in [4.69, 9.17) is 5.73 Å². The van der Waals surface area contributed by atoms with E-state index in [1.807, 2.05) is 0 Å². The average Bonchev–Trinajstić information content (AvgIpc) is 2.95. The van der Waals surface area contributed by atoms with Crippen molar-refractivity contribution in [2.24, 2.45) is 0 Å². The van der Waals surface area contributed by atoms with Crippen LogP contribution in [0.15, 0.2) is 4.34 Å². The van der Waals surface area contributed by atoms with Crippen LogP contribution < -0.4 is 11.1 Å². The molecule has 2 rings (SSSR count). The molecule has 2 heterocycles.